The van der Waals surface area contributed by atoms with Crippen LogP contribution in [0.3, 0.4) is 0 Å². The van der Waals surface area contributed by atoms with E-state index in [0.29, 0.717) is 0 Å². The topological polar surface area (TPSA) is 37.3 Å². The van der Waals surface area contributed by atoms with Crippen molar-refractivity contribution in [3.63, 3.8) is 0 Å². The largest absolute Gasteiger partial charge is 0.481 e. The highest BCUT2D eigenvalue weighted by Crippen LogP contribution is 2.37. The summed E-state index contributed by atoms with van der Waals surface area (Å²) in [4.78, 5) is 10.2. The van der Waals surface area contributed by atoms with Crippen molar-refractivity contribution in [2.24, 2.45) is 0 Å². The zero-order valence-corrected chi connectivity index (χ0v) is 8.21. The Labute approximate surface area is 94.6 Å². The summed E-state index contributed by atoms with van der Waals surface area (Å²) in [6.07, 6.45) is -7.16. The number of aliphatic carboxylic acids is 1. The molecule has 0 saturated heterocycles. The highest BCUT2D eigenvalue weighted by molar-refractivity contribution is 5.70. The van der Waals surface area contributed by atoms with E-state index in [1.807, 2.05) is 0 Å². The van der Waals surface area contributed by atoms with Gasteiger partial charge in [0.25, 0.3) is 0 Å². The van der Waals surface area contributed by atoms with Crippen molar-refractivity contribution < 1.29 is 40.6 Å². The van der Waals surface area contributed by atoms with Crippen LogP contribution >= 0.6 is 0 Å². The number of alkyl halides is 3. The van der Waals surface area contributed by atoms with Crippen molar-refractivity contribution in [3.8, 4) is 0 Å². The SMILES string of the molecule is O=C(O)Cc1c(F)c(F)c(F)c(C(F)(F)F)c1F. The lowest BCUT2D eigenvalue weighted by Gasteiger charge is -2.13. The van der Waals surface area contributed by atoms with Crippen molar-refractivity contribution >= 4 is 5.97 Å². The number of hydrogen-bond donors (Lipinski definition) is 1. The fraction of sp³-hybridized carbons (Fsp3) is 0.222. The molecule has 0 radical (unpaired) electrons. The minimum absolute atomic E-state index is 1.54. The van der Waals surface area contributed by atoms with E-state index in [1.165, 1.54) is 0 Å². The molecule has 1 N–H and O–H groups in total. The van der Waals surface area contributed by atoms with Gasteiger partial charge in [-0.3, -0.25) is 4.79 Å². The van der Waals surface area contributed by atoms with E-state index in [-0.39, 0.29) is 0 Å². The Morgan fingerprint density at radius 3 is 1.83 bits per heavy atom. The van der Waals surface area contributed by atoms with Gasteiger partial charge in [0.05, 0.1) is 6.42 Å². The summed E-state index contributed by atoms with van der Waals surface area (Å²) >= 11 is 0. The number of carbonyl (C=O) groups is 1. The van der Waals surface area contributed by atoms with Crippen molar-refractivity contribution in [2.75, 3.05) is 0 Å². The van der Waals surface area contributed by atoms with Crippen LogP contribution < -0.4 is 0 Å². The van der Waals surface area contributed by atoms with E-state index in [0.717, 1.165) is 0 Å². The summed E-state index contributed by atoms with van der Waals surface area (Å²) in [7, 11) is 0. The zero-order chi connectivity index (χ0) is 14.2. The summed E-state index contributed by atoms with van der Waals surface area (Å²) in [5.41, 5.74) is -4.34. The summed E-state index contributed by atoms with van der Waals surface area (Å²) in [5.74, 6) is -12.0. The average molecular weight is 276 g/mol. The number of hydrogen-bond acceptors (Lipinski definition) is 1. The smallest absolute Gasteiger partial charge is 0.422 e. The molecule has 0 atom stereocenters. The summed E-state index contributed by atoms with van der Waals surface area (Å²) in [6, 6.07) is 0. The van der Waals surface area contributed by atoms with Crippen LogP contribution in [0.2, 0.25) is 0 Å². The first-order valence-electron chi connectivity index (χ1n) is 4.21. The predicted molar refractivity (Wildman–Crippen MR) is 42.6 cm³/mol. The molecule has 2 nitrogen and oxygen atoms in total. The molecule has 9 heteroatoms. The second-order valence-corrected chi connectivity index (χ2v) is 3.18. The van der Waals surface area contributed by atoms with Crippen LogP contribution in [0.15, 0.2) is 0 Å². The number of benzene rings is 1. The second kappa shape index (κ2) is 4.46. The van der Waals surface area contributed by atoms with Gasteiger partial charge < -0.3 is 5.11 Å². The lowest BCUT2D eigenvalue weighted by atomic mass is 10.0. The van der Waals surface area contributed by atoms with Gasteiger partial charge in [0.2, 0.25) is 0 Å². The van der Waals surface area contributed by atoms with Crippen molar-refractivity contribution in [3.05, 3.63) is 34.4 Å². The Morgan fingerprint density at radius 1 is 0.944 bits per heavy atom. The molecule has 0 aromatic heterocycles. The van der Waals surface area contributed by atoms with Gasteiger partial charge in [-0.15, -0.1) is 0 Å². The highest BCUT2D eigenvalue weighted by atomic mass is 19.4. The molecule has 0 bridgehead atoms. The van der Waals surface area contributed by atoms with Gasteiger partial charge in [-0.05, 0) is 0 Å². The predicted octanol–water partition coefficient (Wildman–Crippen LogP) is 2.89. The van der Waals surface area contributed by atoms with Crippen LogP contribution in [-0.2, 0) is 17.4 Å². The molecule has 0 fully saturated rings. The van der Waals surface area contributed by atoms with Gasteiger partial charge in [0.1, 0.15) is 11.4 Å². The van der Waals surface area contributed by atoms with Crippen LogP contribution in [0.4, 0.5) is 30.7 Å². The Balaban J connectivity index is 3.65. The summed E-state index contributed by atoms with van der Waals surface area (Å²) in [6.45, 7) is 0. The second-order valence-electron chi connectivity index (χ2n) is 3.18. The van der Waals surface area contributed by atoms with E-state index in [2.05, 4.69) is 0 Å². The Kier molecular flexibility index (Phi) is 3.54. The summed E-state index contributed by atoms with van der Waals surface area (Å²) in [5, 5.41) is 8.24. The number of rotatable bonds is 2. The van der Waals surface area contributed by atoms with Crippen LogP contribution in [-0.4, -0.2) is 11.1 Å². The third-order valence-electron chi connectivity index (χ3n) is 1.97. The molecule has 0 aliphatic carbocycles. The van der Waals surface area contributed by atoms with Gasteiger partial charge in [-0.25, -0.2) is 17.6 Å². The van der Waals surface area contributed by atoms with E-state index in [4.69, 9.17) is 5.11 Å². The van der Waals surface area contributed by atoms with Gasteiger partial charge >= 0.3 is 12.1 Å². The van der Waals surface area contributed by atoms with E-state index >= 15 is 0 Å². The van der Waals surface area contributed by atoms with Gasteiger partial charge in [0, 0.05) is 5.56 Å². The fourth-order valence-corrected chi connectivity index (χ4v) is 1.24. The molecule has 0 unspecified atom stereocenters. The van der Waals surface area contributed by atoms with Gasteiger partial charge in [-0.2, -0.15) is 13.2 Å². The Hall–Kier alpha value is -1.80. The van der Waals surface area contributed by atoms with E-state index in [1.54, 1.807) is 0 Å². The molecule has 18 heavy (non-hydrogen) atoms. The molecular weight excluding hydrogens is 273 g/mol. The van der Waals surface area contributed by atoms with Crippen molar-refractivity contribution in [1.82, 2.24) is 0 Å². The lowest BCUT2D eigenvalue weighted by molar-refractivity contribution is -0.143. The average Bonchev–Trinajstić information content (AvgIpc) is 2.19. The zero-order valence-electron chi connectivity index (χ0n) is 8.21. The first-order chi connectivity index (χ1) is 8.07. The van der Waals surface area contributed by atoms with Crippen LogP contribution in [0.1, 0.15) is 11.1 Å². The minimum Gasteiger partial charge on any atom is -0.481 e. The van der Waals surface area contributed by atoms with Gasteiger partial charge in [0.15, 0.2) is 17.5 Å². The standard InChI is InChI=1S/C9H3F7O2/c10-5-2(1-3(17)18)6(11)8(13)7(12)4(5)9(14,15)16/h1H2,(H,17,18). The van der Waals surface area contributed by atoms with Gasteiger partial charge in [-0.1, -0.05) is 0 Å². The molecule has 1 aromatic rings. The first-order valence-corrected chi connectivity index (χ1v) is 4.21. The monoisotopic (exact) mass is 276 g/mol. The molecular formula is C9H3F7O2. The number of carboxylic acids is 1. The highest BCUT2D eigenvalue weighted by Gasteiger charge is 2.42. The molecule has 0 aliphatic rings. The maximum absolute atomic E-state index is 13.2. The fourth-order valence-electron chi connectivity index (χ4n) is 1.24. The normalized spacial score (nSPS) is 11.7. The van der Waals surface area contributed by atoms with E-state index < -0.39 is 53.0 Å². The number of carboxylic acid groups (broad SMARTS) is 1. The Morgan fingerprint density at radius 2 is 1.44 bits per heavy atom. The first kappa shape index (κ1) is 14.3. The molecule has 1 aromatic carbocycles. The maximum Gasteiger partial charge on any atom is 0.422 e. The molecule has 0 spiro atoms. The number of halogens is 7. The molecule has 1 rings (SSSR count). The van der Waals surface area contributed by atoms with E-state index in [9.17, 15) is 35.5 Å². The molecule has 0 aliphatic heterocycles. The maximum atomic E-state index is 13.2. The van der Waals surface area contributed by atoms with Crippen molar-refractivity contribution in [1.29, 1.82) is 0 Å². The molecule has 0 amide bonds. The van der Waals surface area contributed by atoms with Crippen LogP contribution in [0, 0.1) is 23.3 Å². The Bertz CT molecular complexity index is 507. The molecule has 0 saturated carbocycles. The van der Waals surface area contributed by atoms with Crippen molar-refractivity contribution in [2.45, 2.75) is 12.6 Å². The third-order valence-corrected chi connectivity index (χ3v) is 1.97. The lowest BCUT2D eigenvalue weighted by Crippen LogP contribution is -2.18. The third kappa shape index (κ3) is 2.39. The molecule has 100 valence electrons. The van der Waals surface area contributed by atoms with Crippen LogP contribution in [0.25, 0.3) is 0 Å². The van der Waals surface area contributed by atoms with Crippen LogP contribution in [0.5, 0.6) is 0 Å². The quantitative estimate of drug-likeness (QED) is 0.512. The molecule has 0 heterocycles. The minimum atomic E-state index is -5.62. The summed E-state index contributed by atoms with van der Waals surface area (Å²) < 4.78 is 88.5.